The van der Waals surface area contributed by atoms with Crippen molar-refractivity contribution in [2.45, 2.75) is 37.9 Å². The summed E-state index contributed by atoms with van der Waals surface area (Å²) in [6.45, 7) is -0.633. The van der Waals surface area contributed by atoms with Gasteiger partial charge in [0, 0.05) is 23.8 Å². The molecular formula is C19H22F3N7O. The predicted octanol–water partition coefficient (Wildman–Crippen LogP) is 2.58. The summed E-state index contributed by atoms with van der Waals surface area (Å²) in [5, 5.41) is 13.1. The Kier molecular flexibility index (Phi) is 5.71. The molecule has 3 aromatic rings. The number of aromatic nitrogens is 5. The van der Waals surface area contributed by atoms with Crippen LogP contribution in [0.3, 0.4) is 0 Å². The van der Waals surface area contributed by atoms with Crippen LogP contribution in [0.1, 0.15) is 36.2 Å². The molecule has 3 N–H and O–H groups in total. The van der Waals surface area contributed by atoms with Crippen LogP contribution in [0.15, 0.2) is 31.0 Å². The minimum absolute atomic E-state index is 0.0342. The first kappa shape index (κ1) is 20.3. The molecule has 3 aromatic heterocycles. The number of nitrogens with one attached hydrogen (secondary N) is 3. The van der Waals surface area contributed by atoms with Gasteiger partial charge in [-0.15, -0.1) is 0 Å². The smallest absolute Gasteiger partial charge is 0.348 e. The van der Waals surface area contributed by atoms with Gasteiger partial charge < -0.3 is 10.6 Å². The molecule has 160 valence electrons. The van der Waals surface area contributed by atoms with Crippen LogP contribution in [0, 0.1) is 5.92 Å². The van der Waals surface area contributed by atoms with Crippen molar-refractivity contribution in [3.8, 4) is 5.82 Å². The minimum Gasteiger partial charge on any atom is -0.348 e. The molecule has 0 aromatic carbocycles. The maximum absolute atomic E-state index is 12.9. The zero-order valence-corrected chi connectivity index (χ0v) is 16.1. The van der Waals surface area contributed by atoms with Crippen molar-refractivity contribution in [2.75, 3.05) is 13.1 Å². The first-order chi connectivity index (χ1) is 14.4. The van der Waals surface area contributed by atoms with E-state index in [9.17, 15) is 18.0 Å². The maximum Gasteiger partial charge on any atom is 0.401 e. The Morgan fingerprint density at radius 1 is 1.27 bits per heavy atom. The van der Waals surface area contributed by atoms with E-state index in [-0.39, 0.29) is 23.6 Å². The highest BCUT2D eigenvalue weighted by atomic mass is 19.4. The number of carbonyl (C=O) groups excluding carboxylic acids is 1. The molecule has 0 unspecified atom stereocenters. The Balaban J connectivity index is 1.38. The van der Waals surface area contributed by atoms with E-state index in [1.807, 2.05) is 6.07 Å². The quantitative estimate of drug-likeness (QED) is 0.568. The molecule has 0 saturated heterocycles. The Morgan fingerprint density at radius 2 is 2.07 bits per heavy atom. The van der Waals surface area contributed by atoms with Crippen LogP contribution in [-0.4, -0.2) is 55.9 Å². The molecule has 11 heteroatoms. The molecule has 1 amide bonds. The Bertz CT molecular complexity index is 991. The van der Waals surface area contributed by atoms with E-state index < -0.39 is 12.7 Å². The van der Waals surface area contributed by atoms with Crippen LogP contribution in [0.25, 0.3) is 16.7 Å². The minimum atomic E-state index is -4.19. The standard InChI is InChI=1S/C19H22F3N7O/c20-19(21,22)10-24-8-12-1-3-14(4-2-12)26-18(30)17-16-13(9-25-28-16)7-15(27-17)29-6-5-23-11-29/h5-7,9,11-12,14,24H,1-4,8,10H2,(H,25,28)(H,26,30). The lowest BCUT2D eigenvalue weighted by Gasteiger charge is -2.29. The zero-order valence-electron chi connectivity index (χ0n) is 16.1. The number of carbonyl (C=O) groups is 1. The van der Waals surface area contributed by atoms with Gasteiger partial charge in [-0.05, 0) is 44.2 Å². The Hall–Kier alpha value is -2.95. The average Bonchev–Trinajstić information content (AvgIpc) is 3.39. The number of amides is 1. The molecule has 1 fully saturated rings. The summed E-state index contributed by atoms with van der Waals surface area (Å²) < 4.78 is 38.5. The number of nitrogens with zero attached hydrogens (tertiary/aromatic N) is 4. The van der Waals surface area contributed by atoms with Crippen molar-refractivity contribution >= 4 is 16.8 Å². The average molecular weight is 421 g/mol. The first-order valence-electron chi connectivity index (χ1n) is 9.80. The number of alkyl halides is 3. The summed E-state index contributed by atoms with van der Waals surface area (Å²) in [5.41, 5.74) is 0.809. The first-order valence-corrected chi connectivity index (χ1v) is 9.80. The molecule has 0 radical (unpaired) electrons. The monoisotopic (exact) mass is 421 g/mol. The topological polar surface area (TPSA) is 101 Å². The molecule has 0 spiro atoms. The molecule has 3 heterocycles. The van der Waals surface area contributed by atoms with Gasteiger partial charge in [-0.25, -0.2) is 9.97 Å². The number of pyridine rings is 1. The van der Waals surface area contributed by atoms with E-state index in [1.165, 1.54) is 0 Å². The van der Waals surface area contributed by atoms with E-state index in [0.717, 1.165) is 31.1 Å². The predicted molar refractivity (Wildman–Crippen MR) is 103 cm³/mol. The molecule has 1 aliphatic carbocycles. The van der Waals surface area contributed by atoms with Gasteiger partial charge in [-0.1, -0.05) is 0 Å². The molecule has 0 atom stereocenters. The number of imidazole rings is 1. The SMILES string of the molecule is O=C(NC1CCC(CNCC(F)(F)F)CC1)c1nc(-n2ccnc2)cc2cn[nH]c12. The van der Waals surface area contributed by atoms with Gasteiger partial charge in [0.15, 0.2) is 5.69 Å². The van der Waals surface area contributed by atoms with Gasteiger partial charge in [-0.2, -0.15) is 18.3 Å². The highest BCUT2D eigenvalue weighted by Gasteiger charge is 2.28. The third kappa shape index (κ3) is 4.78. The summed E-state index contributed by atoms with van der Waals surface area (Å²) in [5.74, 6) is 0.443. The highest BCUT2D eigenvalue weighted by molar-refractivity contribution is 6.04. The van der Waals surface area contributed by atoms with E-state index >= 15 is 0 Å². The van der Waals surface area contributed by atoms with Crippen LogP contribution < -0.4 is 10.6 Å². The van der Waals surface area contributed by atoms with Crippen LogP contribution in [0.2, 0.25) is 0 Å². The molecule has 0 bridgehead atoms. The van der Waals surface area contributed by atoms with E-state index in [2.05, 4.69) is 30.8 Å². The summed E-state index contributed by atoms with van der Waals surface area (Å²) in [4.78, 5) is 21.4. The molecule has 30 heavy (non-hydrogen) atoms. The van der Waals surface area contributed by atoms with Crippen molar-refractivity contribution in [2.24, 2.45) is 5.92 Å². The van der Waals surface area contributed by atoms with Crippen LogP contribution in [-0.2, 0) is 0 Å². The number of aromatic amines is 1. The van der Waals surface area contributed by atoms with Crippen LogP contribution in [0.5, 0.6) is 0 Å². The van der Waals surface area contributed by atoms with Gasteiger partial charge >= 0.3 is 6.18 Å². The molecule has 4 rings (SSSR count). The van der Waals surface area contributed by atoms with Gasteiger partial charge in [0.1, 0.15) is 12.1 Å². The number of hydrogen-bond donors (Lipinski definition) is 3. The van der Waals surface area contributed by atoms with Crippen LogP contribution >= 0.6 is 0 Å². The van der Waals surface area contributed by atoms with Crippen molar-refractivity contribution in [3.63, 3.8) is 0 Å². The third-order valence-electron chi connectivity index (χ3n) is 5.34. The molecular weight excluding hydrogens is 399 g/mol. The van der Waals surface area contributed by atoms with Gasteiger partial charge in [0.2, 0.25) is 0 Å². The fraction of sp³-hybridized carbons (Fsp3) is 0.474. The van der Waals surface area contributed by atoms with E-state index in [4.69, 9.17) is 0 Å². The number of hydrogen-bond acceptors (Lipinski definition) is 5. The van der Waals surface area contributed by atoms with E-state index in [1.54, 1.807) is 29.5 Å². The van der Waals surface area contributed by atoms with Gasteiger partial charge in [0.25, 0.3) is 5.91 Å². The molecule has 1 saturated carbocycles. The molecule has 0 aliphatic heterocycles. The van der Waals surface area contributed by atoms with Crippen molar-refractivity contribution in [1.82, 2.24) is 35.4 Å². The Labute approximate surface area is 170 Å². The highest BCUT2D eigenvalue weighted by Crippen LogP contribution is 2.25. The second-order valence-electron chi connectivity index (χ2n) is 7.57. The fourth-order valence-electron chi connectivity index (χ4n) is 3.81. The van der Waals surface area contributed by atoms with Crippen molar-refractivity contribution in [3.05, 3.63) is 36.7 Å². The molecule has 1 aliphatic rings. The lowest BCUT2D eigenvalue weighted by Crippen LogP contribution is -2.40. The van der Waals surface area contributed by atoms with Crippen molar-refractivity contribution < 1.29 is 18.0 Å². The normalized spacial score (nSPS) is 19.8. The van der Waals surface area contributed by atoms with Gasteiger partial charge in [-0.3, -0.25) is 14.5 Å². The number of fused-ring (bicyclic) bond motifs is 1. The summed E-state index contributed by atoms with van der Waals surface area (Å²) >= 11 is 0. The lowest BCUT2D eigenvalue weighted by atomic mass is 9.86. The fourth-order valence-corrected chi connectivity index (χ4v) is 3.81. The summed E-state index contributed by atoms with van der Waals surface area (Å²) in [6.07, 6.45) is 5.37. The lowest BCUT2D eigenvalue weighted by molar-refractivity contribution is -0.125. The number of H-pyrrole nitrogens is 1. The second-order valence-corrected chi connectivity index (χ2v) is 7.57. The maximum atomic E-state index is 12.9. The summed E-state index contributed by atoms with van der Waals surface area (Å²) in [7, 11) is 0. The third-order valence-corrected chi connectivity index (χ3v) is 5.34. The largest absolute Gasteiger partial charge is 0.401 e. The number of halogens is 3. The number of rotatable bonds is 6. The summed E-state index contributed by atoms with van der Waals surface area (Å²) in [6, 6.07) is 1.78. The van der Waals surface area contributed by atoms with Crippen molar-refractivity contribution in [1.29, 1.82) is 0 Å². The van der Waals surface area contributed by atoms with E-state index in [0.29, 0.717) is 17.9 Å². The second kappa shape index (κ2) is 8.42. The van der Waals surface area contributed by atoms with Gasteiger partial charge in [0.05, 0.1) is 18.3 Å². The Morgan fingerprint density at radius 3 is 2.77 bits per heavy atom. The molecule has 8 nitrogen and oxygen atoms in total. The van der Waals surface area contributed by atoms with Crippen LogP contribution in [0.4, 0.5) is 13.2 Å². The zero-order chi connectivity index (χ0) is 21.1.